The molecular weight excluding hydrogens is 466 g/mol. The minimum atomic E-state index is -4.04. The molecule has 0 spiro atoms. The lowest BCUT2D eigenvalue weighted by atomic mass is 10.1. The fraction of sp³-hybridized carbons (Fsp3) is 0.231. The van der Waals surface area contributed by atoms with Gasteiger partial charge in [-0.15, -0.1) is 0 Å². The summed E-state index contributed by atoms with van der Waals surface area (Å²) in [7, 11) is -2.68. The lowest BCUT2D eigenvalue weighted by Crippen LogP contribution is -2.43. The van der Waals surface area contributed by atoms with Crippen molar-refractivity contribution in [2.45, 2.75) is 30.7 Å². The van der Waals surface area contributed by atoms with E-state index < -0.39 is 22.0 Å². The van der Waals surface area contributed by atoms with Crippen LogP contribution >= 0.6 is 0 Å². The number of amides is 2. The van der Waals surface area contributed by atoms with Crippen molar-refractivity contribution < 1.29 is 22.7 Å². The summed E-state index contributed by atoms with van der Waals surface area (Å²) in [5.41, 5.74) is 2.20. The van der Waals surface area contributed by atoms with Gasteiger partial charge in [-0.25, -0.2) is 8.42 Å². The molecule has 1 aliphatic heterocycles. The van der Waals surface area contributed by atoms with Crippen molar-refractivity contribution in [1.82, 2.24) is 4.90 Å². The second-order valence-electron chi connectivity index (χ2n) is 8.35. The molecule has 182 valence electrons. The third kappa shape index (κ3) is 5.46. The van der Waals surface area contributed by atoms with E-state index in [0.717, 1.165) is 5.56 Å². The highest BCUT2D eigenvalue weighted by molar-refractivity contribution is 7.92. The molecule has 0 radical (unpaired) electrons. The van der Waals surface area contributed by atoms with Crippen molar-refractivity contribution in [1.29, 1.82) is 0 Å². The Morgan fingerprint density at radius 1 is 0.971 bits per heavy atom. The molecule has 0 aromatic heterocycles. The molecule has 1 fully saturated rings. The van der Waals surface area contributed by atoms with E-state index in [2.05, 4.69) is 10.0 Å². The van der Waals surface area contributed by atoms with Crippen LogP contribution in [0.15, 0.2) is 77.7 Å². The van der Waals surface area contributed by atoms with Crippen LogP contribution < -0.4 is 14.8 Å². The van der Waals surface area contributed by atoms with E-state index in [1.165, 1.54) is 30.2 Å². The van der Waals surface area contributed by atoms with E-state index in [1.54, 1.807) is 36.4 Å². The monoisotopic (exact) mass is 493 g/mol. The first-order valence-electron chi connectivity index (χ1n) is 11.2. The Balaban J connectivity index is 1.58. The van der Waals surface area contributed by atoms with E-state index in [1.807, 2.05) is 25.1 Å². The number of nitrogens with zero attached hydrogens (tertiary/aromatic N) is 1. The number of rotatable bonds is 7. The van der Waals surface area contributed by atoms with Crippen LogP contribution in [-0.2, 0) is 14.8 Å². The van der Waals surface area contributed by atoms with E-state index in [0.29, 0.717) is 30.8 Å². The number of anilines is 2. The van der Waals surface area contributed by atoms with Crippen LogP contribution in [0.25, 0.3) is 0 Å². The first-order valence-corrected chi connectivity index (χ1v) is 12.7. The van der Waals surface area contributed by atoms with Gasteiger partial charge in [-0.3, -0.25) is 14.3 Å². The Hall–Kier alpha value is -3.85. The van der Waals surface area contributed by atoms with Gasteiger partial charge in [0.2, 0.25) is 5.91 Å². The van der Waals surface area contributed by atoms with Crippen molar-refractivity contribution in [3.05, 3.63) is 83.9 Å². The molecule has 2 N–H and O–H groups in total. The van der Waals surface area contributed by atoms with Crippen molar-refractivity contribution >= 4 is 33.2 Å². The summed E-state index contributed by atoms with van der Waals surface area (Å²) in [5, 5.41) is 2.85. The molecule has 1 atom stereocenters. The maximum atomic E-state index is 13.4. The molecule has 1 unspecified atom stereocenters. The average molecular weight is 494 g/mol. The van der Waals surface area contributed by atoms with Gasteiger partial charge in [0, 0.05) is 23.5 Å². The largest absolute Gasteiger partial charge is 0.495 e. The third-order valence-corrected chi connectivity index (χ3v) is 7.26. The Morgan fingerprint density at radius 3 is 2.37 bits per heavy atom. The summed E-state index contributed by atoms with van der Waals surface area (Å²) in [5.74, 6) is -0.574. The van der Waals surface area contributed by atoms with Gasteiger partial charge in [-0.05, 0) is 62.2 Å². The highest BCUT2D eigenvalue weighted by Crippen LogP contribution is 2.29. The fourth-order valence-electron chi connectivity index (χ4n) is 4.05. The van der Waals surface area contributed by atoms with Crippen molar-refractivity contribution in [3.8, 4) is 5.75 Å². The molecule has 1 saturated heterocycles. The van der Waals surface area contributed by atoms with Gasteiger partial charge < -0.3 is 15.0 Å². The average Bonchev–Trinajstić information content (AvgIpc) is 3.35. The van der Waals surface area contributed by atoms with Gasteiger partial charge in [0.1, 0.15) is 16.7 Å². The molecule has 0 saturated carbocycles. The van der Waals surface area contributed by atoms with Crippen molar-refractivity contribution in [3.63, 3.8) is 0 Å². The van der Waals surface area contributed by atoms with Gasteiger partial charge in [0.05, 0.1) is 7.11 Å². The summed E-state index contributed by atoms with van der Waals surface area (Å²) >= 11 is 0. The number of carbonyl (C=O) groups excluding carboxylic acids is 2. The van der Waals surface area contributed by atoms with Crippen LogP contribution in [0.2, 0.25) is 0 Å². The summed E-state index contributed by atoms with van der Waals surface area (Å²) < 4.78 is 34.1. The highest BCUT2D eigenvalue weighted by atomic mass is 32.2. The molecule has 4 rings (SSSR count). The Kier molecular flexibility index (Phi) is 7.07. The number of hydrogen-bond acceptors (Lipinski definition) is 5. The molecule has 35 heavy (non-hydrogen) atoms. The third-order valence-electron chi connectivity index (χ3n) is 5.86. The zero-order valence-corrected chi connectivity index (χ0v) is 20.3. The first-order chi connectivity index (χ1) is 16.8. The molecule has 1 aliphatic rings. The van der Waals surface area contributed by atoms with Gasteiger partial charge >= 0.3 is 0 Å². The molecule has 0 aliphatic carbocycles. The number of sulfonamides is 1. The van der Waals surface area contributed by atoms with Gasteiger partial charge in [-0.2, -0.15) is 0 Å². The zero-order chi connectivity index (χ0) is 25.0. The maximum Gasteiger partial charge on any atom is 0.265 e. The van der Waals surface area contributed by atoms with Crippen molar-refractivity contribution in [2.75, 3.05) is 23.7 Å². The van der Waals surface area contributed by atoms with Crippen LogP contribution in [0.5, 0.6) is 5.75 Å². The van der Waals surface area contributed by atoms with Gasteiger partial charge in [0.15, 0.2) is 0 Å². The molecule has 2 amide bonds. The topological polar surface area (TPSA) is 105 Å². The van der Waals surface area contributed by atoms with Crippen LogP contribution in [0.1, 0.15) is 28.8 Å². The Bertz CT molecular complexity index is 1320. The second-order valence-corrected chi connectivity index (χ2v) is 10.00. The lowest BCUT2D eigenvalue weighted by molar-refractivity contribution is -0.119. The SMILES string of the molecule is COc1ccc(C(=O)N2CCCC2C(=O)Nc2ccccc2)cc1S(=O)(=O)Nc1ccc(C)cc1. The van der Waals surface area contributed by atoms with E-state index in [-0.39, 0.29) is 22.1 Å². The van der Waals surface area contributed by atoms with Crippen LogP contribution in [0.3, 0.4) is 0 Å². The van der Waals surface area contributed by atoms with E-state index in [4.69, 9.17) is 4.74 Å². The molecule has 9 heteroatoms. The molecule has 1 heterocycles. The number of likely N-dealkylation sites (tertiary alicyclic amines) is 1. The number of ether oxygens (including phenoxy) is 1. The minimum absolute atomic E-state index is 0.112. The maximum absolute atomic E-state index is 13.4. The first kappa shape index (κ1) is 24.3. The van der Waals surface area contributed by atoms with Crippen LogP contribution in [0.4, 0.5) is 11.4 Å². The Morgan fingerprint density at radius 2 is 1.69 bits per heavy atom. The number of para-hydroxylation sites is 1. The normalized spacial score (nSPS) is 15.5. The lowest BCUT2D eigenvalue weighted by Gasteiger charge is -2.24. The van der Waals surface area contributed by atoms with E-state index in [9.17, 15) is 18.0 Å². The van der Waals surface area contributed by atoms with Crippen LogP contribution in [0, 0.1) is 6.92 Å². The predicted octanol–water partition coefficient (Wildman–Crippen LogP) is 4.05. The zero-order valence-electron chi connectivity index (χ0n) is 19.5. The number of hydrogen-bond donors (Lipinski definition) is 2. The number of methoxy groups -OCH3 is 1. The summed E-state index contributed by atoms with van der Waals surface area (Å²) in [6.45, 7) is 2.31. The highest BCUT2D eigenvalue weighted by Gasteiger charge is 2.35. The van der Waals surface area contributed by atoms with Crippen LogP contribution in [-0.4, -0.2) is 44.8 Å². The van der Waals surface area contributed by atoms with Gasteiger partial charge in [-0.1, -0.05) is 35.9 Å². The summed E-state index contributed by atoms with van der Waals surface area (Å²) in [6.07, 6.45) is 1.20. The van der Waals surface area contributed by atoms with E-state index >= 15 is 0 Å². The summed E-state index contributed by atoms with van der Waals surface area (Å²) in [4.78, 5) is 27.6. The fourth-order valence-corrected chi connectivity index (χ4v) is 5.30. The number of benzene rings is 3. The molecule has 8 nitrogen and oxygen atoms in total. The van der Waals surface area contributed by atoms with Crippen molar-refractivity contribution in [2.24, 2.45) is 0 Å². The Labute approximate surface area is 205 Å². The van der Waals surface area contributed by atoms with Gasteiger partial charge in [0.25, 0.3) is 15.9 Å². The smallest absolute Gasteiger partial charge is 0.265 e. The quantitative estimate of drug-likeness (QED) is 0.517. The molecule has 3 aromatic carbocycles. The molecule has 3 aromatic rings. The minimum Gasteiger partial charge on any atom is -0.495 e. The number of nitrogens with one attached hydrogen (secondary N) is 2. The molecular formula is C26H27N3O5S. The second kappa shape index (κ2) is 10.2. The standard InChI is InChI=1S/C26H27N3O5S/c1-18-10-13-21(14-11-18)28-35(32,33)24-17-19(12-15-23(24)34-2)26(31)29-16-6-9-22(29)25(30)27-20-7-4-3-5-8-20/h3-5,7-8,10-15,17,22,28H,6,9,16H2,1-2H3,(H,27,30). The number of carbonyl (C=O) groups is 2. The number of aryl methyl sites for hydroxylation is 1. The predicted molar refractivity (Wildman–Crippen MR) is 134 cm³/mol. The summed E-state index contributed by atoms with van der Waals surface area (Å²) in [6, 6.07) is 19.6. The molecule has 0 bridgehead atoms.